The Balaban J connectivity index is 2.10. The lowest BCUT2D eigenvalue weighted by Crippen LogP contribution is -2.34. The molecule has 0 spiro atoms. The molecule has 0 aliphatic carbocycles. The number of amides is 1. The molecule has 92 valence electrons. The SMILES string of the molecule is O=C1CNCCCN1Cc1ccc(Br)cc1F. The van der Waals surface area contributed by atoms with Crippen LogP contribution in [0.5, 0.6) is 0 Å². The van der Waals surface area contributed by atoms with E-state index in [1.54, 1.807) is 17.0 Å². The molecule has 0 atom stereocenters. The van der Waals surface area contributed by atoms with Crippen LogP contribution in [0.1, 0.15) is 12.0 Å². The molecule has 0 radical (unpaired) electrons. The van der Waals surface area contributed by atoms with Gasteiger partial charge in [-0.3, -0.25) is 4.79 Å². The Kier molecular flexibility index (Phi) is 4.12. The van der Waals surface area contributed by atoms with E-state index in [2.05, 4.69) is 21.2 Å². The number of hydrogen-bond acceptors (Lipinski definition) is 2. The lowest BCUT2D eigenvalue weighted by molar-refractivity contribution is -0.130. The monoisotopic (exact) mass is 300 g/mol. The van der Waals surface area contributed by atoms with Gasteiger partial charge < -0.3 is 10.2 Å². The highest BCUT2D eigenvalue weighted by atomic mass is 79.9. The van der Waals surface area contributed by atoms with E-state index in [1.807, 2.05) is 0 Å². The van der Waals surface area contributed by atoms with Crippen LogP contribution in [0, 0.1) is 5.82 Å². The molecule has 2 rings (SSSR count). The fourth-order valence-electron chi connectivity index (χ4n) is 1.85. The Labute approximate surface area is 108 Å². The van der Waals surface area contributed by atoms with Gasteiger partial charge >= 0.3 is 0 Å². The van der Waals surface area contributed by atoms with Crippen LogP contribution >= 0.6 is 15.9 Å². The van der Waals surface area contributed by atoms with Gasteiger partial charge in [0.15, 0.2) is 0 Å². The summed E-state index contributed by atoms with van der Waals surface area (Å²) >= 11 is 3.22. The highest BCUT2D eigenvalue weighted by Crippen LogP contribution is 2.17. The molecule has 5 heteroatoms. The van der Waals surface area contributed by atoms with Crippen LogP contribution in [0.2, 0.25) is 0 Å². The molecular formula is C12H14BrFN2O. The van der Waals surface area contributed by atoms with E-state index in [1.165, 1.54) is 6.07 Å². The minimum atomic E-state index is -0.274. The number of hydrogen-bond donors (Lipinski definition) is 1. The van der Waals surface area contributed by atoms with Crippen LogP contribution in [0.15, 0.2) is 22.7 Å². The third-order valence-corrected chi connectivity index (χ3v) is 3.28. The molecule has 17 heavy (non-hydrogen) atoms. The number of nitrogens with zero attached hydrogens (tertiary/aromatic N) is 1. The summed E-state index contributed by atoms with van der Waals surface area (Å²) in [6.07, 6.45) is 0.907. The summed E-state index contributed by atoms with van der Waals surface area (Å²) in [5, 5.41) is 3.04. The summed E-state index contributed by atoms with van der Waals surface area (Å²) in [6, 6.07) is 4.93. The number of carbonyl (C=O) groups is 1. The largest absolute Gasteiger partial charge is 0.337 e. The molecule has 1 saturated heterocycles. The fraction of sp³-hybridized carbons (Fsp3) is 0.417. The number of carbonyl (C=O) groups excluding carboxylic acids is 1. The van der Waals surface area contributed by atoms with Gasteiger partial charge in [0.25, 0.3) is 0 Å². The summed E-state index contributed by atoms with van der Waals surface area (Å²) in [5.74, 6) is -0.241. The van der Waals surface area contributed by atoms with E-state index in [0.29, 0.717) is 29.7 Å². The van der Waals surface area contributed by atoms with Gasteiger partial charge in [-0.25, -0.2) is 4.39 Å². The Bertz CT molecular complexity index is 425. The quantitative estimate of drug-likeness (QED) is 0.905. The molecule has 1 N–H and O–H groups in total. The van der Waals surface area contributed by atoms with Crippen LogP contribution in [0.3, 0.4) is 0 Å². The lowest BCUT2D eigenvalue weighted by Gasteiger charge is -2.20. The van der Waals surface area contributed by atoms with Gasteiger partial charge in [0.05, 0.1) is 6.54 Å². The number of nitrogens with one attached hydrogen (secondary N) is 1. The van der Waals surface area contributed by atoms with Crippen LogP contribution in [0.25, 0.3) is 0 Å². The molecule has 1 aromatic carbocycles. The fourth-order valence-corrected chi connectivity index (χ4v) is 2.18. The van der Waals surface area contributed by atoms with Crippen molar-refractivity contribution in [1.29, 1.82) is 0 Å². The first-order chi connectivity index (χ1) is 8.16. The molecule has 0 bridgehead atoms. The Hall–Kier alpha value is -0.940. The van der Waals surface area contributed by atoms with Crippen molar-refractivity contribution in [3.8, 4) is 0 Å². The molecule has 1 aliphatic heterocycles. The van der Waals surface area contributed by atoms with E-state index in [-0.39, 0.29) is 11.7 Å². The molecule has 0 aromatic heterocycles. The maximum Gasteiger partial charge on any atom is 0.236 e. The second kappa shape index (κ2) is 5.60. The average Bonchev–Trinajstić information content (AvgIpc) is 2.48. The maximum atomic E-state index is 13.7. The Morgan fingerprint density at radius 2 is 2.29 bits per heavy atom. The maximum absolute atomic E-state index is 13.7. The van der Waals surface area contributed by atoms with Crippen molar-refractivity contribution < 1.29 is 9.18 Å². The molecule has 0 saturated carbocycles. The smallest absolute Gasteiger partial charge is 0.236 e. The van der Waals surface area contributed by atoms with Gasteiger partial charge in [-0.05, 0) is 25.1 Å². The number of halogens is 2. The van der Waals surface area contributed by atoms with E-state index >= 15 is 0 Å². The van der Waals surface area contributed by atoms with Gasteiger partial charge in [-0.15, -0.1) is 0 Å². The predicted octanol–water partition coefficient (Wildman–Crippen LogP) is 1.91. The van der Waals surface area contributed by atoms with Gasteiger partial charge in [0, 0.05) is 23.1 Å². The second-order valence-electron chi connectivity index (χ2n) is 4.08. The standard InChI is InChI=1S/C12H14BrFN2O/c13-10-3-2-9(11(14)6-10)8-16-5-1-4-15-7-12(16)17/h2-3,6,15H,1,4-5,7-8H2. The second-order valence-corrected chi connectivity index (χ2v) is 5.00. The van der Waals surface area contributed by atoms with Crippen molar-refractivity contribution in [3.63, 3.8) is 0 Å². The van der Waals surface area contributed by atoms with Crippen molar-refractivity contribution in [2.75, 3.05) is 19.6 Å². The highest BCUT2D eigenvalue weighted by molar-refractivity contribution is 9.10. The van der Waals surface area contributed by atoms with Crippen molar-refractivity contribution in [1.82, 2.24) is 10.2 Å². The van der Waals surface area contributed by atoms with Gasteiger partial charge in [0.1, 0.15) is 5.82 Å². The lowest BCUT2D eigenvalue weighted by atomic mass is 10.2. The first kappa shape index (κ1) is 12.5. The van der Waals surface area contributed by atoms with Crippen LogP contribution in [-0.2, 0) is 11.3 Å². The van der Waals surface area contributed by atoms with Crippen LogP contribution in [0.4, 0.5) is 4.39 Å². The van der Waals surface area contributed by atoms with Crippen molar-refractivity contribution in [2.24, 2.45) is 0 Å². The minimum Gasteiger partial charge on any atom is -0.337 e. The first-order valence-corrected chi connectivity index (χ1v) is 6.38. The summed E-state index contributed by atoms with van der Waals surface area (Å²) in [5.41, 5.74) is 0.559. The highest BCUT2D eigenvalue weighted by Gasteiger charge is 2.17. The van der Waals surface area contributed by atoms with Gasteiger partial charge in [0.2, 0.25) is 5.91 Å². The zero-order chi connectivity index (χ0) is 12.3. The molecule has 0 unspecified atom stereocenters. The third kappa shape index (κ3) is 3.26. The van der Waals surface area contributed by atoms with Crippen molar-refractivity contribution in [3.05, 3.63) is 34.1 Å². The first-order valence-electron chi connectivity index (χ1n) is 5.59. The normalized spacial score (nSPS) is 17.1. The summed E-state index contributed by atoms with van der Waals surface area (Å²) in [6.45, 7) is 2.21. The topological polar surface area (TPSA) is 32.3 Å². The summed E-state index contributed by atoms with van der Waals surface area (Å²) in [7, 11) is 0. The summed E-state index contributed by atoms with van der Waals surface area (Å²) in [4.78, 5) is 13.4. The molecule has 1 heterocycles. The third-order valence-electron chi connectivity index (χ3n) is 2.79. The molecule has 3 nitrogen and oxygen atoms in total. The van der Waals surface area contributed by atoms with E-state index in [4.69, 9.17) is 0 Å². The van der Waals surface area contributed by atoms with Crippen molar-refractivity contribution >= 4 is 21.8 Å². The molecule has 1 aromatic rings. The van der Waals surface area contributed by atoms with Crippen LogP contribution < -0.4 is 5.32 Å². The average molecular weight is 301 g/mol. The zero-order valence-electron chi connectivity index (χ0n) is 9.38. The molecule has 1 amide bonds. The Morgan fingerprint density at radius 1 is 1.47 bits per heavy atom. The van der Waals surface area contributed by atoms with E-state index in [0.717, 1.165) is 13.0 Å². The van der Waals surface area contributed by atoms with E-state index < -0.39 is 0 Å². The molecule has 1 aliphatic rings. The zero-order valence-corrected chi connectivity index (χ0v) is 11.0. The number of rotatable bonds is 2. The van der Waals surface area contributed by atoms with Crippen molar-refractivity contribution in [2.45, 2.75) is 13.0 Å². The Morgan fingerprint density at radius 3 is 3.06 bits per heavy atom. The van der Waals surface area contributed by atoms with E-state index in [9.17, 15) is 9.18 Å². The predicted molar refractivity (Wildman–Crippen MR) is 67.0 cm³/mol. The van der Waals surface area contributed by atoms with Crippen LogP contribution in [-0.4, -0.2) is 30.4 Å². The summed E-state index contributed by atoms with van der Waals surface area (Å²) < 4.78 is 14.4. The molecular weight excluding hydrogens is 287 g/mol. The molecule has 1 fully saturated rings. The minimum absolute atomic E-state index is 0.0322. The van der Waals surface area contributed by atoms with Gasteiger partial charge in [-0.1, -0.05) is 22.0 Å². The van der Waals surface area contributed by atoms with Gasteiger partial charge in [-0.2, -0.15) is 0 Å². The number of benzene rings is 1.